The van der Waals surface area contributed by atoms with Gasteiger partial charge in [0, 0.05) is 16.9 Å². The molecule has 0 radical (unpaired) electrons. The largest absolute Gasteiger partial charge is 0.484 e. The third kappa shape index (κ3) is 6.11. The number of esters is 1. The lowest BCUT2D eigenvalue weighted by atomic mass is 9.95. The zero-order chi connectivity index (χ0) is 24.9. The molecule has 0 fully saturated rings. The van der Waals surface area contributed by atoms with E-state index in [-0.39, 0.29) is 30.8 Å². The number of benzene rings is 1. The maximum atomic E-state index is 12.7. The molecule has 0 unspecified atom stereocenters. The first-order valence-electron chi connectivity index (χ1n) is 11.1. The minimum absolute atomic E-state index is 0.112. The van der Waals surface area contributed by atoms with E-state index in [1.165, 1.54) is 23.1 Å². The van der Waals surface area contributed by atoms with Crippen molar-refractivity contribution in [2.45, 2.75) is 44.4 Å². The lowest BCUT2D eigenvalue weighted by Crippen LogP contribution is -2.17. The van der Waals surface area contributed by atoms with E-state index in [4.69, 9.17) is 32.7 Å². The van der Waals surface area contributed by atoms with Gasteiger partial charge in [0.25, 0.3) is 0 Å². The van der Waals surface area contributed by atoms with Crippen LogP contribution >= 0.6 is 46.3 Å². The van der Waals surface area contributed by atoms with Gasteiger partial charge in [-0.25, -0.2) is 4.79 Å². The number of carbonyl (C=O) groups is 2. The summed E-state index contributed by atoms with van der Waals surface area (Å²) in [6, 6.07) is 4.98. The van der Waals surface area contributed by atoms with Crippen molar-refractivity contribution in [1.82, 2.24) is 14.8 Å². The number of anilines is 1. The summed E-state index contributed by atoms with van der Waals surface area (Å²) in [5.74, 6) is 0.570. The third-order valence-corrected chi connectivity index (χ3v) is 8.17. The molecule has 1 N–H and O–H groups in total. The van der Waals surface area contributed by atoms with E-state index in [0.717, 1.165) is 36.1 Å². The van der Waals surface area contributed by atoms with Gasteiger partial charge in [0.2, 0.25) is 5.91 Å². The first-order valence-corrected chi connectivity index (χ1v) is 13.6. The first-order chi connectivity index (χ1) is 16.9. The number of hydrogen-bond donors (Lipinski definition) is 1. The van der Waals surface area contributed by atoms with Crippen LogP contribution in [-0.4, -0.2) is 39.0 Å². The van der Waals surface area contributed by atoms with Gasteiger partial charge in [0.05, 0.1) is 22.9 Å². The van der Waals surface area contributed by atoms with Gasteiger partial charge in [-0.05, 0) is 56.4 Å². The Morgan fingerprint density at radius 1 is 1.23 bits per heavy atom. The molecular weight excluding hydrogens is 531 g/mol. The lowest BCUT2D eigenvalue weighted by molar-refractivity contribution is -0.113. The number of carbonyl (C=O) groups excluding carboxylic acids is 2. The number of halogens is 2. The predicted octanol–water partition coefficient (Wildman–Crippen LogP) is 5.55. The molecule has 186 valence electrons. The fraction of sp³-hybridized carbons (Fsp3) is 0.391. The second-order valence-electron chi connectivity index (χ2n) is 7.79. The van der Waals surface area contributed by atoms with Crippen LogP contribution in [-0.2, 0) is 36.0 Å². The SMILES string of the molecule is CCOC(=O)c1c(NC(=O)CSc2nnc(COc3ccc(Cl)cc3Cl)n2C)sc2c1CCCC2. The van der Waals surface area contributed by atoms with E-state index in [1.54, 1.807) is 36.7 Å². The highest BCUT2D eigenvalue weighted by atomic mass is 35.5. The Morgan fingerprint density at radius 2 is 2.03 bits per heavy atom. The van der Waals surface area contributed by atoms with Gasteiger partial charge in [0.15, 0.2) is 11.0 Å². The zero-order valence-electron chi connectivity index (χ0n) is 19.2. The Morgan fingerprint density at radius 3 is 2.80 bits per heavy atom. The molecule has 1 aliphatic carbocycles. The molecule has 2 aromatic heterocycles. The number of ether oxygens (including phenoxy) is 2. The zero-order valence-corrected chi connectivity index (χ0v) is 22.4. The Bertz CT molecular complexity index is 1240. The van der Waals surface area contributed by atoms with Gasteiger partial charge in [0.1, 0.15) is 17.4 Å². The smallest absolute Gasteiger partial charge is 0.341 e. The number of rotatable bonds is 9. The standard InChI is InChI=1S/C23H24Cl2N4O4S2/c1-3-32-22(31)20-14-6-4-5-7-17(14)35-21(20)26-19(30)12-34-23-28-27-18(29(23)2)11-33-16-9-8-13(24)10-15(16)25/h8-10H,3-7,11-12H2,1-2H3,(H,26,30). The molecule has 0 saturated heterocycles. The van der Waals surface area contributed by atoms with Crippen LogP contribution in [0.4, 0.5) is 5.00 Å². The second kappa shape index (κ2) is 11.6. The molecule has 8 nitrogen and oxygen atoms in total. The molecule has 3 aromatic rings. The van der Waals surface area contributed by atoms with Gasteiger partial charge in [-0.3, -0.25) is 4.79 Å². The van der Waals surface area contributed by atoms with Crippen LogP contribution in [0.3, 0.4) is 0 Å². The van der Waals surface area contributed by atoms with E-state index in [0.29, 0.717) is 37.3 Å². The van der Waals surface area contributed by atoms with Crippen molar-refractivity contribution in [3.63, 3.8) is 0 Å². The lowest BCUT2D eigenvalue weighted by Gasteiger charge is -2.12. The first kappa shape index (κ1) is 25.8. The number of aryl methyl sites for hydroxylation is 1. The Hall–Kier alpha value is -2.27. The summed E-state index contributed by atoms with van der Waals surface area (Å²) in [5, 5.41) is 13.3. The van der Waals surface area contributed by atoms with Crippen LogP contribution in [0.5, 0.6) is 5.75 Å². The number of thioether (sulfide) groups is 1. The van der Waals surface area contributed by atoms with Gasteiger partial charge in [-0.2, -0.15) is 0 Å². The fourth-order valence-electron chi connectivity index (χ4n) is 3.70. The Labute approximate surface area is 221 Å². The Balaban J connectivity index is 1.38. The molecule has 1 aromatic carbocycles. The highest BCUT2D eigenvalue weighted by molar-refractivity contribution is 7.99. The number of hydrogen-bond acceptors (Lipinski definition) is 8. The van der Waals surface area contributed by atoms with Gasteiger partial charge >= 0.3 is 5.97 Å². The van der Waals surface area contributed by atoms with Crippen molar-refractivity contribution < 1.29 is 19.1 Å². The van der Waals surface area contributed by atoms with Gasteiger partial charge < -0.3 is 19.4 Å². The number of fused-ring (bicyclic) bond motifs is 1. The summed E-state index contributed by atoms with van der Waals surface area (Å²) in [4.78, 5) is 26.5. The van der Waals surface area contributed by atoms with Gasteiger partial charge in [-0.1, -0.05) is 35.0 Å². The second-order valence-corrected chi connectivity index (χ2v) is 10.7. The van der Waals surface area contributed by atoms with Crippen LogP contribution in [0.1, 0.15) is 46.4 Å². The number of aromatic nitrogens is 3. The van der Waals surface area contributed by atoms with E-state index >= 15 is 0 Å². The summed E-state index contributed by atoms with van der Waals surface area (Å²) in [6.07, 6.45) is 3.86. The summed E-state index contributed by atoms with van der Waals surface area (Å²) >= 11 is 14.8. The predicted molar refractivity (Wildman–Crippen MR) is 138 cm³/mol. The fourth-order valence-corrected chi connectivity index (χ4v) is 6.18. The van der Waals surface area contributed by atoms with Crippen LogP contribution in [0.25, 0.3) is 0 Å². The average molecular weight is 556 g/mol. The molecule has 12 heteroatoms. The van der Waals surface area contributed by atoms with Crippen LogP contribution < -0.4 is 10.1 Å². The van der Waals surface area contributed by atoms with Crippen molar-refractivity contribution >= 4 is 63.2 Å². The van der Waals surface area contributed by atoms with E-state index in [9.17, 15) is 9.59 Å². The van der Waals surface area contributed by atoms with Gasteiger partial charge in [-0.15, -0.1) is 21.5 Å². The summed E-state index contributed by atoms with van der Waals surface area (Å²) < 4.78 is 12.7. The normalized spacial score (nSPS) is 12.8. The molecule has 1 amide bonds. The van der Waals surface area contributed by atoms with Crippen LogP contribution in [0, 0.1) is 0 Å². The molecule has 1 aliphatic rings. The highest BCUT2D eigenvalue weighted by Crippen LogP contribution is 2.38. The quantitative estimate of drug-likeness (QED) is 0.273. The molecule has 0 aliphatic heterocycles. The van der Waals surface area contributed by atoms with Crippen molar-refractivity contribution in [1.29, 1.82) is 0 Å². The monoisotopic (exact) mass is 554 g/mol. The van der Waals surface area contributed by atoms with Crippen molar-refractivity contribution in [3.8, 4) is 5.75 Å². The molecular formula is C23H24Cl2N4O4S2. The maximum Gasteiger partial charge on any atom is 0.341 e. The van der Waals surface area contributed by atoms with Crippen molar-refractivity contribution in [2.75, 3.05) is 17.7 Å². The number of nitrogens with one attached hydrogen (secondary N) is 1. The van der Waals surface area contributed by atoms with Crippen LogP contribution in [0.2, 0.25) is 10.0 Å². The molecule has 0 saturated carbocycles. The topological polar surface area (TPSA) is 95.3 Å². The van der Waals surface area contributed by atoms with Crippen molar-refractivity contribution in [2.24, 2.45) is 7.05 Å². The molecule has 35 heavy (non-hydrogen) atoms. The number of amides is 1. The molecule has 0 bridgehead atoms. The molecule has 4 rings (SSSR count). The minimum Gasteiger partial charge on any atom is -0.484 e. The molecule has 0 atom stereocenters. The van der Waals surface area contributed by atoms with E-state index in [2.05, 4.69) is 15.5 Å². The Kier molecular flexibility index (Phi) is 8.59. The van der Waals surface area contributed by atoms with E-state index < -0.39 is 0 Å². The van der Waals surface area contributed by atoms with Crippen LogP contribution in [0.15, 0.2) is 23.4 Å². The highest BCUT2D eigenvalue weighted by Gasteiger charge is 2.27. The molecule has 2 heterocycles. The summed E-state index contributed by atoms with van der Waals surface area (Å²) in [5.41, 5.74) is 1.52. The number of nitrogens with zero attached hydrogens (tertiary/aromatic N) is 3. The van der Waals surface area contributed by atoms with Crippen molar-refractivity contribution in [3.05, 3.63) is 50.1 Å². The average Bonchev–Trinajstić information content (AvgIpc) is 3.36. The molecule has 0 spiro atoms. The van der Waals surface area contributed by atoms with E-state index in [1.807, 2.05) is 0 Å². The maximum absolute atomic E-state index is 12.7. The minimum atomic E-state index is -0.381. The summed E-state index contributed by atoms with van der Waals surface area (Å²) in [7, 11) is 1.80. The third-order valence-electron chi connectivity index (χ3n) is 5.41. The summed E-state index contributed by atoms with van der Waals surface area (Å²) in [6.45, 7) is 2.21. The number of thiophene rings is 1.